The molecule has 2 aliphatic heterocycles. The van der Waals surface area contributed by atoms with Crippen LogP contribution in [-0.4, -0.2) is 58.3 Å². The topological polar surface area (TPSA) is 57.2 Å². The molecule has 6 heteroatoms. The summed E-state index contributed by atoms with van der Waals surface area (Å²) in [7, 11) is 8.53. The van der Waals surface area contributed by atoms with E-state index in [1.54, 1.807) is 28.4 Å². The molecule has 2 bridgehead atoms. The molecule has 2 aromatic rings. The minimum Gasteiger partial charge on any atom is -0.493 e. The molecule has 168 valence electrons. The predicted octanol–water partition coefficient (Wildman–Crippen LogP) is 4.23. The summed E-state index contributed by atoms with van der Waals surface area (Å²) in [5.41, 5.74) is 3.18. The summed E-state index contributed by atoms with van der Waals surface area (Å²) in [5, 5.41) is 0. The van der Waals surface area contributed by atoms with Gasteiger partial charge in [-0.05, 0) is 44.2 Å². The number of benzene rings is 2. The highest BCUT2D eigenvalue weighted by Crippen LogP contribution is 2.43. The van der Waals surface area contributed by atoms with Crippen LogP contribution in [0.3, 0.4) is 0 Å². The summed E-state index contributed by atoms with van der Waals surface area (Å²) in [5.74, 6) is 2.58. The first-order valence-electron chi connectivity index (χ1n) is 10.7. The summed E-state index contributed by atoms with van der Waals surface area (Å²) in [6.45, 7) is 0. The molecule has 2 saturated heterocycles. The predicted molar refractivity (Wildman–Crippen MR) is 125 cm³/mol. The fourth-order valence-electron chi connectivity index (χ4n) is 4.87. The molecule has 2 fully saturated rings. The maximum atomic E-state index is 13.7. The Morgan fingerprint density at radius 3 is 1.56 bits per heavy atom. The number of piperidine rings is 1. The molecule has 0 saturated carbocycles. The van der Waals surface area contributed by atoms with Crippen LogP contribution in [0.1, 0.15) is 24.0 Å². The van der Waals surface area contributed by atoms with Crippen LogP contribution in [0.5, 0.6) is 23.0 Å². The van der Waals surface area contributed by atoms with E-state index in [0.29, 0.717) is 23.0 Å². The molecular weight excluding hydrogens is 406 g/mol. The molecule has 0 amide bonds. The van der Waals surface area contributed by atoms with Gasteiger partial charge < -0.3 is 18.9 Å². The maximum Gasteiger partial charge on any atom is 0.188 e. The zero-order valence-corrected chi connectivity index (χ0v) is 19.2. The Bertz CT molecular complexity index is 1000. The van der Waals surface area contributed by atoms with Crippen molar-refractivity contribution < 1.29 is 23.7 Å². The lowest BCUT2D eigenvalue weighted by Crippen LogP contribution is -2.43. The molecule has 32 heavy (non-hydrogen) atoms. The Hall–Kier alpha value is -3.25. The van der Waals surface area contributed by atoms with E-state index in [4.69, 9.17) is 18.9 Å². The molecule has 0 spiro atoms. The van der Waals surface area contributed by atoms with Gasteiger partial charge >= 0.3 is 0 Å². The molecule has 4 rings (SSSR count). The number of hydrogen-bond donors (Lipinski definition) is 0. The minimum absolute atomic E-state index is 0.0605. The van der Waals surface area contributed by atoms with Crippen LogP contribution >= 0.6 is 0 Å². The van der Waals surface area contributed by atoms with Crippen molar-refractivity contribution in [2.75, 3.05) is 35.5 Å². The number of Topliss-reactive ketones (excluding diaryl/α,β-unsaturated/α-hetero) is 1. The smallest absolute Gasteiger partial charge is 0.188 e. The lowest BCUT2D eigenvalue weighted by Gasteiger charge is -2.34. The summed E-state index contributed by atoms with van der Waals surface area (Å²) < 4.78 is 22.1. The molecule has 0 N–H and O–H groups in total. The van der Waals surface area contributed by atoms with Crippen LogP contribution < -0.4 is 18.9 Å². The van der Waals surface area contributed by atoms with Gasteiger partial charge in [0.15, 0.2) is 28.8 Å². The standard InChI is InChI=1S/C26H29NO5/c1-27-20-12-13-21(27)19(15-17-9-7-11-23(30-3)26(17)32-5)24(28)18(20)14-16-8-6-10-22(29-2)25(16)31-4/h6-11,14-15,20-21H,12-13H2,1-5H3/b18-14-,19-15+/t20-,21-/m1/s1. The number of likely N-dealkylation sites (N-methyl/N-ethyl adjacent to an activating group) is 1. The Labute approximate surface area is 189 Å². The first kappa shape index (κ1) is 22.0. The fourth-order valence-corrected chi connectivity index (χ4v) is 4.87. The molecule has 0 aliphatic carbocycles. The third-order valence-corrected chi connectivity index (χ3v) is 6.43. The number of hydrogen-bond acceptors (Lipinski definition) is 6. The van der Waals surface area contributed by atoms with E-state index in [9.17, 15) is 4.79 Å². The minimum atomic E-state index is 0.0605. The van der Waals surface area contributed by atoms with E-state index in [0.717, 1.165) is 35.1 Å². The number of rotatable bonds is 6. The van der Waals surface area contributed by atoms with Crippen molar-refractivity contribution in [2.45, 2.75) is 24.9 Å². The van der Waals surface area contributed by atoms with E-state index in [1.165, 1.54) is 0 Å². The summed E-state index contributed by atoms with van der Waals surface area (Å²) in [6, 6.07) is 11.5. The van der Waals surface area contributed by atoms with Gasteiger partial charge in [0.05, 0.1) is 28.4 Å². The summed E-state index contributed by atoms with van der Waals surface area (Å²) in [4.78, 5) is 16.0. The van der Waals surface area contributed by atoms with Crippen LogP contribution in [0.2, 0.25) is 0 Å². The average molecular weight is 436 g/mol. The molecule has 0 unspecified atom stereocenters. The third-order valence-electron chi connectivity index (χ3n) is 6.43. The van der Waals surface area contributed by atoms with Crippen LogP contribution in [0, 0.1) is 0 Å². The van der Waals surface area contributed by atoms with Crippen molar-refractivity contribution in [1.82, 2.24) is 4.90 Å². The molecule has 2 aromatic carbocycles. The lowest BCUT2D eigenvalue weighted by molar-refractivity contribution is -0.114. The molecule has 6 nitrogen and oxygen atoms in total. The van der Waals surface area contributed by atoms with Gasteiger partial charge in [0.1, 0.15) is 0 Å². The van der Waals surface area contributed by atoms with Gasteiger partial charge in [0, 0.05) is 34.4 Å². The molecular formula is C26H29NO5. The number of para-hydroxylation sites is 2. The largest absolute Gasteiger partial charge is 0.493 e. The van der Waals surface area contributed by atoms with Crippen LogP contribution in [0.4, 0.5) is 0 Å². The first-order chi connectivity index (χ1) is 15.5. The highest BCUT2D eigenvalue weighted by atomic mass is 16.5. The Morgan fingerprint density at radius 2 is 1.19 bits per heavy atom. The van der Waals surface area contributed by atoms with E-state index in [-0.39, 0.29) is 17.9 Å². The van der Waals surface area contributed by atoms with Crippen molar-refractivity contribution in [1.29, 1.82) is 0 Å². The van der Waals surface area contributed by atoms with Crippen molar-refractivity contribution in [3.63, 3.8) is 0 Å². The number of carbonyl (C=O) groups is 1. The third kappa shape index (κ3) is 3.65. The van der Waals surface area contributed by atoms with Gasteiger partial charge in [0.25, 0.3) is 0 Å². The quantitative estimate of drug-likeness (QED) is 0.633. The summed E-state index contributed by atoms with van der Waals surface area (Å²) in [6.07, 6.45) is 5.75. The molecule has 0 aromatic heterocycles. The second-order valence-electron chi connectivity index (χ2n) is 7.97. The maximum absolute atomic E-state index is 13.7. The molecule has 2 atom stereocenters. The monoisotopic (exact) mass is 435 g/mol. The lowest BCUT2D eigenvalue weighted by atomic mass is 9.88. The highest BCUT2D eigenvalue weighted by molar-refractivity contribution is 6.16. The van der Waals surface area contributed by atoms with Crippen molar-refractivity contribution in [3.8, 4) is 23.0 Å². The van der Waals surface area contributed by atoms with Gasteiger partial charge in [-0.25, -0.2) is 0 Å². The van der Waals surface area contributed by atoms with Gasteiger partial charge in [-0.1, -0.05) is 24.3 Å². The first-order valence-corrected chi connectivity index (χ1v) is 10.7. The second kappa shape index (κ2) is 9.09. The molecule has 2 heterocycles. The number of fused-ring (bicyclic) bond motifs is 2. The van der Waals surface area contributed by atoms with Gasteiger partial charge in [0.2, 0.25) is 0 Å². The SMILES string of the molecule is COc1cccc(/C=C2\C(=O)/C(=C/c3cccc(OC)c3OC)[C@H]3CC[C@H]2N3C)c1OC. The molecule has 2 aliphatic rings. The Balaban J connectivity index is 1.83. The van der Waals surface area contributed by atoms with E-state index >= 15 is 0 Å². The van der Waals surface area contributed by atoms with Gasteiger partial charge in [-0.15, -0.1) is 0 Å². The van der Waals surface area contributed by atoms with E-state index < -0.39 is 0 Å². The van der Waals surface area contributed by atoms with Crippen LogP contribution in [0.25, 0.3) is 12.2 Å². The number of methoxy groups -OCH3 is 4. The number of ketones is 1. The molecule has 0 radical (unpaired) electrons. The van der Waals surface area contributed by atoms with Crippen molar-refractivity contribution in [3.05, 3.63) is 58.7 Å². The number of nitrogens with zero attached hydrogens (tertiary/aromatic N) is 1. The van der Waals surface area contributed by atoms with Crippen LogP contribution in [0.15, 0.2) is 47.5 Å². The normalized spacial score (nSPS) is 23.0. The Morgan fingerprint density at radius 1 is 0.750 bits per heavy atom. The zero-order chi connectivity index (χ0) is 22.8. The van der Waals surface area contributed by atoms with E-state index in [1.807, 2.05) is 48.6 Å². The summed E-state index contributed by atoms with van der Waals surface area (Å²) >= 11 is 0. The highest BCUT2D eigenvalue weighted by Gasteiger charge is 2.44. The van der Waals surface area contributed by atoms with Gasteiger partial charge in [-0.2, -0.15) is 0 Å². The van der Waals surface area contributed by atoms with Crippen molar-refractivity contribution >= 4 is 17.9 Å². The van der Waals surface area contributed by atoms with E-state index in [2.05, 4.69) is 11.9 Å². The Kier molecular flexibility index (Phi) is 6.24. The second-order valence-corrected chi connectivity index (χ2v) is 7.97. The number of ether oxygens (including phenoxy) is 4. The number of carbonyl (C=O) groups excluding carboxylic acids is 1. The fraction of sp³-hybridized carbons (Fsp3) is 0.346. The van der Waals surface area contributed by atoms with Crippen LogP contribution in [-0.2, 0) is 4.79 Å². The van der Waals surface area contributed by atoms with Crippen molar-refractivity contribution in [2.24, 2.45) is 0 Å². The van der Waals surface area contributed by atoms with Gasteiger partial charge in [-0.3, -0.25) is 9.69 Å². The zero-order valence-electron chi connectivity index (χ0n) is 19.2. The average Bonchev–Trinajstić information content (AvgIpc) is 3.13.